The Balaban J connectivity index is 2.98. The Kier molecular flexibility index (Phi) is 5.79. The van der Waals surface area contributed by atoms with E-state index in [2.05, 4.69) is 5.32 Å². The van der Waals surface area contributed by atoms with Crippen molar-refractivity contribution >= 4 is 11.8 Å². The minimum absolute atomic E-state index is 0.0188. The van der Waals surface area contributed by atoms with Gasteiger partial charge >= 0.3 is 0 Å². The number of amides is 2. The molecule has 0 spiro atoms. The molecule has 0 saturated carbocycles. The Bertz CT molecular complexity index is 333. The second-order valence-electron chi connectivity index (χ2n) is 5.31. The van der Waals surface area contributed by atoms with Crippen molar-refractivity contribution < 1.29 is 14.3 Å². The summed E-state index contributed by atoms with van der Waals surface area (Å²) in [7, 11) is 1.62. The number of piperazine rings is 1. The average molecular weight is 270 g/mol. The molecule has 4 unspecified atom stereocenters. The van der Waals surface area contributed by atoms with Crippen LogP contribution in [-0.2, 0) is 14.3 Å². The number of hydrogen-bond donors (Lipinski definition) is 1. The SMILES string of the molecule is CCC(C)C1NC(=O)C(C)N(C(CC)COC)C1=O. The number of nitrogens with zero attached hydrogens (tertiary/aromatic N) is 1. The van der Waals surface area contributed by atoms with Crippen molar-refractivity contribution in [2.24, 2.45) is 5.92 Å². The van der Waals surface area contributed by atoms with Crippen molar-refractivity contribution in [2.45, 2.75) is 58.7 Å². The average Bonchev–Trinajstić information content (AvgIpc) is 2.41. The van der Waals surface area contributed by atoms with Crippen LogP contribution in [0, 0.1) is 5.92 Å². The molecule has 0 aromatic heterocycles. The van der Waals surface area contributed by atoms with Crippen LogP contribution in [0.2, 0.25) is 0 Å². The van der Waals surface area contributed by atoms with Crippen LogP contribution in [0.5, 0.6) is 0 Å². The number of rotatable bonds is 6. The van der Waals surface area contributed by atoms with Gasteiger partial charge in [0.25, 0.3) is 0 Å². The van der Waals surface area contributed by atoms with E-state index in [1.807, 2.05) is 20.8 Å². The van der Waals surface area contributed by atoms with Crippen LogP contribution in [0.3, 0.4) is 0 Å². The Morgan fingerprint density at radius 3 is 2.42 bits per heavy atom. The molecule has 0 radical (unpaired) electrons. The van der Waals surface area contributed by atoms with Crippen LogP contribution < -0.4 is 5.32 Å². The number of methoxy groups -OCH3 is 1. The molecule has 1 aliphatic heterocycles. The lowest BCUT2D eigenvalue weighted by molar-refractivity contribution is -0.154. The van der Waals surface area contributed by atoms with Crippen LogP contribution in [0.25, 0.3) is 0 Å². The summed E-state index contributed by atoms with van der Waals surface area (Å²) in [6, 6.07) is -0.863. The molecule has 0 aliphatic carbocycles. The zero-order valence-corrected chi connectivity index (χ0v) is 12.6. The van der Waals surface area contributed by atoms with Crippen molar-refractivity contribution in [1.29, 1.82) is 0 Å². The second kappa shape index (κ2) is 6.89. The van der Waals surface area contributed by atoms with Gasteiger partial charge in [-0.15, -0.1) is 0 Å². The fraction of sp³-hybridized carbons (Fsp3) is 0.857. The van der Waals surface area contributed by atoms with Gasteiger partial charge in [-0.05, 0) is 19.3 Å². The first kappa shape index (κ1) is 16.0. The van der Waals surface area contributed by atoms with Gasteiger partial charge < -0.3 is 15.0 Å². The third-order valence-electron chi connectivity index (χ3n) is 4.05. The van der Waals surface area contributed by atoms with E-state index in [0.717, 1.165) is 12.8 Å². The molecule has 1 fully saturated rings. The maximum atomic E-state index is 12.6. The number of ether oxygens (including phenoxy) is 1. The van der Waals surface area contributed by atoms with Crippen LogP contribution in [0.4, 0.5) is 0 Å². The number of nitrogens with one attached hydrogen (secondary N) is 1. The van der Waals surface area contributed by atoms with Crippen molar-refractivity contribution in [2.75, 3.05) is 13.7 Å². The molecule has 5 heteroatoms. The maximum absolute atomic E-state index is 12.6. The van der Waals surface area contributed by atoms with E-state index in [9.17, 15) is 9.59 Å². The van der Waals surface area contributed by atoms with Crippen molar-refractivity contribution in [1.82, 2.24) is 10.2 Å². The summed E-state index contributed by atoms with van der Waals surface area (Å²) in [6.45, 7) is 8.27. The standard InChI is InChI=1S/C14H26N2O3/c1-6-9(3)12-14(18)16(10(4)13(17)15-12)11(7-2)8-19-5/h9-12H,6-8H2,1-5H3,(H,15,17). The molecule has 1 rings (SSSR count). The predicted molar refractivity (Wildman–Crippen MR) is 73.6 cm³/mol. The van der Waals surface area contributed by atoms with E-state index < -0.39 is 12.1 Å². The smallest absolute Gasteiger partial charge is 0.246 e. The number of carbonyl (C=O) groups excluding carboxylic acids is 2. The highest BCUT2D eigenvalue weighted by Gasteiger charge is 2.42. The summed E-state index contributed by atoms with van der Waals surface area (Å²) in [5.41, 5.74) is 0. The van der Waals surface area contributed by atoms with Gasteiger partial charge in [-0.2, -0.15) is 0 Å². The molecule has 0 aromatic rings. The first-order chi connectivity index (χ1) is 8.97. The van der Waals surface area contributed by atoms with Crippen LogP contribution in [0.1, 0.15) is 40.5 Å². The molecule has 110 valence electrons. The first-order valence-corrected chi connectivity index (χ1v) is 7.09. The molecule has 4 atom stereocenters. The third kappa shape index (κ3) is 3.26. The zero-order chi connectivity index (χ0) is 14.6. The molecule has 1 N–H and O–H groups in total. The fourth-order valence-electron chi connectivity index (χ4n) is 2.52. The summed E-state index contributed by atoms with van der Waals surface area (Å²) in [5.74, 6) is 0.0938. The summed E-state index contributed by atoms with van der Waals surface area (Å²) in [6.07, 6.45) is 1.64. The van der Waals surface area contributed by atoms with E-state index in [-0.39, 0.29) is 23.8 Å². The van der Waals surface area contributed by atoms with Crippen LogP contribution in [-0.4, -0.2) is 48.6 Å². The van der Waals surface area contributed by atoms with Crippen molar-refractivity contribution in [3.05, 3.63) is 0 Å². The van der Waals surface area contributed by atoms with E-state index in [1.54, 1.807) is 18.9 Å². The Labute approximate surface area is 115 Å². The molecule has 0 bridgehead atoms. The van der Waals surface area contributed by atoms with Gasteiger partial charge in [-0.1, -0.05) is 27.2 Å². The molecule has 0 aromatic carbocycles. The predicted octanol–water partition coefficient (Wildman–Crippen LogP) is 1.17. The minimum Gasteiger partial charge on any atom is -0.383 e. The van der Waals surface area contributed by atoms with E-state index in [0.29, 0.717) is 6.61 Å². The van der Waals surface area contributed by atoms with Gasteiger partial charge in [0.2, 0.25) is 11.8 Å². The lowest BCUT2D eigenvalue weighted by Gasteiger charge is -2.43. The molecule has 1 heterocycles. The molecule has 5 nitrogen and oxygen atoms in total. The highest BCUT2D eigenvalue weighted by Crippen LogP contribution is 2.21. The van der Waals surface area contributed by atoms with E-state index in [4.69, 9.17) is 4.74 Å². The normalized spacial score (nSPS) is 27.1. The first-order valence-electron chi connectivity index (χ1n) is 7.09. The van der Waals surface area contributed by atoms with Gasteiger partial charge in [-0.3, -0.25) is 9.59 Å². The molecule has 19 heavy (non-hydrogen) atoms. The third-order valence-corrected chi connectivity index (χ3v) is 4.05. The lowest BCUT2D eigenvalue weighted by atomic mass is 9.93. The van der Waals surface area contributed by atoms with Gasteiger partial charge in [0.1, 0.15) is 12.1 Å². The monoisotopic (exact) mass is 270 g/mol. The zero-order valence-electron chi connectivity index (χ0n) is 12.6. The molecular formula is C14H26N2O3. The summed E-state index contributed by atoms with van der Waals surface area (Å²) >= 11 is 0. The second-order valence-corrected chi connectivity index (χ2v) is 5.31. The van der Waals surface area contributed by atoms with Gasteiger partial charge in [0.15, 0.2) is 0 Å². The topological polar surface area (TPSA) is 58.6 Å². The maximum Gasteiger partial charge on any atom is 0.246 e. The summed E-state index contributed by atoms with van der Waals surface area (Å²) in [5, 5.41) is 2.85. The summed E-state index contributed by atoms with van der Waals surface area (Å²) < 4.78 is 5.18. The van der Waals surface area contributed by atoms with Crippen LogP contribution >= 0.6 is 0 Å². The Morgan fingerprint density at radius 1 is 1.32 bits per heavy atom. The minimum atomic E-state index is -0.423. The van der Waals surface area contributed by atoms with Gasteiger partial charge in [0.05, 0.1) is 12.6 Å². The molecule has 1 saturated heterocycles. The van der Waals surface area contributed by atoms with Crippen molar-refractivity contribution in [3.63, 3.8) is 0 Å². The van der Waals surface area contributed by atoms with Crippen LogP contribution in [0.15, 0.2) is 0 Å². The Morgan fingerprint density at radius 2 is 1.95 bits per heavy atom. The number of carbonyl (C=O) groups is 2. The lowest BCUT2D eigenvalue weighted by Crippen LogP contribution is -2.66. The summed E-state index contributed by atoms with van der Waals surface area (Å²) in [4.78, 5) is 26.4. The highest BCUT2D eigenvalue weighted by atomic mass is 16.5. The number of hydrogen-bond acceptors (Lipinski definition) is 3. The molecule has 2 amide bonds. The van der Waals surface area contributed by atoms with Gasteiger partial charge in [0, 0.05) is 7.11 Å². The highest BCUT2D eigenvalue weighted by molar-refractivity contribution is 5.97. The van der Waals surface area contributed by atoms with E-state index in [1.165, 1.54) is 0 Å². The van der Waals surface area contributed by atoms with Crippen molar-refractivity contribution in [3.8, 4) is 0 Å². The molecular weight excluding hydrogens is 244 g/mol. The van der Waals surface area contributed by atoms with Gasteiger partial charge in [-0.25, -0.2) is 0 Å². The van der Waals surface area contributed by atoms with E-state index >= 15 is 0 Å². The molecule has 1 aliphatic rings. The quantitative estimate of drug-likeness (QED) is 0.788. The largest absolute Gasteiger partial charge is 0.383 e. The fourth-order valence-corrected chi connectivity index (χ4v) is 2.52. The Hall–Kier alpha value is -1.10.